The highest BCUT2D eigenvalue weighted by Gasteiger charge is 2.41. The summed E-state index contributed by atoms with van der Waals surface area (Å²) in [5.74, 6) is -3.36. The van der Waals surface area contributed by atoms with Gasteiger partial charge in [0.2, 0.25) is 5.91 Å². The van der Waals surface area contributed by atoms with Gasteiger partial charge in [-0.15, -0.1) is 0 Å². The van der Waals surface area contributed by atoms with Crippen LogP contribution < -0.4 is 10.6 Å². The van der Waals surface area contributed by atoms with Gasteiger partial charge in [-0.3, -0.25) is 14.9 Å². The number of ether oxygens (including phenoxy) is 1. The van der Waals surface area contributed by atoms with Gasteiger partial charge in [0.1, 0.15) is 18.7 Å². The molecular weight excluding hydrogens is 429 g/mol. The molecule has 1 amide bonds. The average molecular weight is 452 g/mol. The minimum atomic E-state index is -4.85. The zero-order chi connectivity index (χ0) is 23.6. The lowest BCUT2D eigenvalue weighted by Crippen LogP contribution is -2.50. The first-order valence-electron chi connectivity index (χ1n) is 9.71. The zero-order valence-electron chi connectivity index (χ0n) is 17.0. The van der Waals surface area contributed by atoms with E-state index in [1.807, 2.05) is 0 Å². The van der Waals surface area contributed by atoms with E-state index in [1.54, 1.807) is 66.0 Å². The van der Waals surface area contributed by atoms with Crippen molar-refractivity contribution >= 4 is 17.8 Å². The normalized spacial score (nSPS) is 13.1. The number of carbonyl (C=O) groups is 3. The molecule has 2 aromatic carbocycles. The van der Waals surface area contributed by atoms with Crippen LogP contribution in [0, 0.1) is 0 Å². The number of halogens is 3. The third-order valence-electron chi connectivity index (χ3n) is 4.41. The molecule has 1 unspecified atom stereocenters. The van der Waals surface area contributed by atoms with Crippen molar-refractivity contribution in [3.05, 3.63) is 71.8 Å². The number of carboxylic acids is 1. The number of carbonyl (C=O) groups excluding carboxylic acids is 2. The van der Waals surface area contributed by atoms with E-state index in [4.69, 9.17) is 9.84 Å². The smallest absolute Gasteiger partial charge is 0.404 e. The van der Waals surface area contributed by atoms with Crippen LogP contribution in [-0.2, 0) is 32.1 Å². The third-order valence-corrected chi connectivity index (χ3v) is 4.41. The minimum Gasteiger partial charge on any atom is -0.480 e. The van der Waals surface area contributed by atoms with Gasteiger partial charge in [0, 0.05) is 6.42 Å². The second kappa shape index (κ2) is 11.8. The first-order chi connectivity index (χ1) is 15.1. The number of amides is 1. The van der Waals surface area contributed by atoms with Crippen LogP contribution in [0.3, 0.4) is 0 Å². The summed E-state index contributed by atoms with van der Waals surface area (Å²) in [5.41, 5.74) is 1.38. The molecule has 10 heteroatoms. The Hall–Kier alpha value is -3.40. The van der Waals surface area contributed by atoms with Gasteiger partial charge >= 0.3 is 18.1 Å². The summed E-state index contributed by atoms with van der Waals surface area (Å²) in [6, 6.07) is 13.8. The molecular formula is C22H23F3N2O5. The van der Waals surface area contributed by atoms with Crippen LogP contribution in [0.5, 0.6) is 0 Å². The van der Waals surface area contributed by atoms with Gasteiger partial charge in [0.25, 0.3) is 0 Å². The van der Waals surface area contributed by atoms with Crippen LogP contribution in [0.2, 0.25) is 0 Å². The highest BCUT2D eigenvalue weighted by atomic mass is 19.4. The number of carboxylic acid groups (broad SMARTS) is 1. The van der Waals surface area contributed by atoms with Gasteiger partial charge < -0.3 is 15.2 Å². The fraction of sp³-hybridized carbons (Fsp3) is 0.318. The quantitative estimate of drug-likeness (QED) is 0.453. The van der Waals surface area contributed by atoms with E-state index in [2.05, 4.69) is 5.32 Å². The summed E-state index contributed by atoms with van der Waals surface area (Å²) >= 11 is 0. The Morgan fingerprint density at radius 1 is 0.938 bits per heavy atom. The molecule has 2 atom stereocenters. The first-order valence-corrected chi connectivity index (χ1v) is 9.71. The zero-order valence-corrected chi connectivity index (χ0v) is 17.0. The lowest BCUT2D eigenvalue weighted by molar-refractivity contribution is -0.164. The van der Waals surface area contributed by atoms with E-state index in [0.29, 0.717) is 11.1 Å². The number of benzene rings is 2. The van der Waals surface area contributed by atoms with Crippen molar-refractivity contribution in [2.24, 2.45) is 0 Å². The second-order valence-electron chi connectivity index (χ2n) is 6.98. The van der Waals surface area contributed by atoms with E-state index >= 15 is 0 Å². The van der Waals surface area contributed by atoms with Crippen molar-refractivity contribution < 1.29 is 37.4 Å². The number of rotatable bonds is 11. The Morgan fingerprint density at radius 3 is 2.03 bits per heavy atom. The van der Waals surface area contributed by atoms with Crippen molar-refractivity contribution in [1.29, 1.82) is 0 Å². The Labute approximate surface area is 182 Å². The molecule has 0 saturated heterocycles. The SMILES string of the molecule is O=C(O)CNC(CC(=O)N[C@@H](Cc1ccccc1)C(=O)OCc1ccccc1)C(F)(F)F. The molecule has 0 saturated carbocycles. The Balaban J connectivity index is 2.07. The maximum atomic E-state index is 13.2. The Bertz CT molecular complexity index is 891. The molecule has 32 heavy (non-hydrogen) atoms. The average Bonchev–Trinajstić information content (AvgIpc) is 2.75. The van der Waals surface area contributed by atoms with Crippen LogP contribution in [0.4, 0.5) is 13.2 Å². The highest BCUT2D eigenvalue weighted by molar-refractivity contribution is 5.85. The largest absolute Gasteiger partial charge is 0.480 e. The van der Waals surface area contributed by atoms with E-state index in [1.165, 1.54) is 0 Å². The Morgan fingerprint density at radius 2 is 1.50 bits per heavy atom. The summed E-state index contributed by atoms with van der Waals surface area (Å²) in [6.45, 7) is -1.03. The monoisotopic (exact) mass is 452 g/mol. The van der Waals surface area contributed by atoms with Crippen LogP contribution in [0.1, 0.15) is 17.5 Å². The van der Waals surface area contributed by atoms with Crippen molar-refractivity contribution in [2.75, 3.05) is 6.54 Å². The number of aliphatic carboxylic acids is 1. The molecule has 0 aliphatic carbocycles. The predicted molar refractivity (Wildman–Crippen MR) is 108 cm³/mol. The molecule has 0 aliphatic rings. The molecule has 0 aliphatic heterocycles. The molecule has 7 nitrogen and oxygen atoms in total. The van der Waals surface area contributed by atoms with Gasteiger partial charge in [0.05, 0.1) is 13.0 Å². The van der Waals surface area contributed by atoms with Gasteiger partial charge in [-0.2, -0.15) is 13.2 Å². The number of esters is 1. The van der Waals surface area contributed by atoms with Crippen LogP contribution in [-0.4, -0.2) is 47.8 Å². The molecule has 0 heterocycles. The fourth-order valence-electron chi connectivity index (χ4n) is 2.83. The summed E-state index contributed by atoms with van der Waals surface area (Å²) in [7, 11) is 0. The van der Waals surface area contributed by atoms with Crippen LogP contribution in [0.15, 0.2) is 60.7 Å². The van der Waals surface area contributed by atoms with Gasteiger partial charge in [-0.25, -0.2) is 4.79 Å². The van der Waals surface area contributed by atoms with Crippen LogP contribution >= 0.6 is 0 Å². The standard InChI is InChI=1S/C22H23F3N2O5/c23-22(24,25)18(26-13-20(29)30)12-19(28)27-17(11-15-7-3-1-4-8-15)21(31)32-14-16-9-5-2-6-10-16/h1-10,17-18,26H,11-14H2,(H,27,28)(H,29,30)/t17-,18?/m0/s1. The summed E-state index contributed by atoms with van der Waals surface area (Å²) in [4.78, 5) is 35.5. The highest BCUT2D eigenvalue weighted by Crippen LogP contribution is 2.22. The van der Waals surface area contributed by atoms with Crippen LogP contribution in [0.25, 0.3) is 0 Å². The maximum Gasteiger partial charge on any atom is 0.404 e. The maximum absolute atomic E-state index is 13.2. The number of nitrogens with one attached hydrogen (secondary N) is 2. The molecule has 0 aromatic heterocycles. The van der Waals surface area contributed by atoms with E-state index in [9.17, 15) is 27.6 Å². The molecule has 2 rings (SSSR count). The molecule has 0 bridgehead atoms. The summed E-state index contributed by atoms with van der Waals surface area (Å²) < 4.78 is 44.7. The molecule has 2 aromatic rings. The van der Waals surface area contributed by atoms with Gasteiger partial charge in [-0.05, 0) is 11.1 Å². The summed E-state index contributed by atoms with van der Waals surface area (Å²) in [6.07, 6.45) is -5.93. The third kappa shape index (κ3) is 8.76. The molecule has 0 radical (unpaired) electrons. The molecule has 172 valence electrons. The first kappa shape index (κ1) is 24.9. The van der Waals surface area contributed by atoms with Crippen molar-refractivity contribution in [2.45, 2.75) is 37.7 Å². The second-order valence-corrected chi connectivity index (χ2v) is 6.98. The lowest BCUT2D eigenvalue weighted by Gasteiger charge is -2.22. The van der Waals surface area contributed by atoms with Crippen molar-refractivity contribution in [3.63, 3.8) is 0 Å². The van der Waals surface area contributed by atoms with Gasteiger partial charge in [0.15, 0.2) is 0 Å². The molecule has 3 N–H and O–H groups in total. The van der Waals surface area contributed by atoms with E-state index in [0.717, 1.165) is 0 Å². The minimum absolute atomic E-state index is 0.0133. The predicted octanol–water partition coefficient (Wildman–Crippen LogP) is 2.45. The van der Waals surface area contributed by atoms with Crippen molar-refractivity contribution in [1.82, 2.24) is 10.6 Å². The number of alkyl halides is 3. The van der Waals surface area contributed by atoms with Gasteiger partial charge in [-0.1, -0.05) is 60.7 Å². The number of hydrogen-bond donors (Lipinski definition) is 3. The topological polar surface area (TPSA) is 105 Å². The fourth-order valence-corrected chi connectivity index (χ4v) is 2.83. The Kier molecular flexibility index (Phi) is 9.21. The van der Waals surface area contributed by atoms with E-state index < -0.39 is 49.1 Å². The molecule has 0 fully saturated rings. The van der Waals surface area contributed by atoms with Crippen molar-refractivity contribution in [3.8, 4) is 0 Å². The molecule has 0 spiro atoms. The lowest BCUT2D eigenvalue weighted by atomic mass is 10.1. The van der Waals surface area contributed by atoms with E-state index in [-0.39, 0.29) is 13.0 Å². The summed E-state index contributed by atoms with van der Waals surface area (Å²) in [5, 5.41) is 12.7. The number of hydrogen-bond acceptors (Lipinski definition) is 5.